The Morgan fingerprint density at radius 1 is 1.50 bits per heavy atom. The van der Waals surface area contributed by atoms with E-state index in [-0.39, 0.29) is 5.91 Å². The molecule has 0 saturated carbocycles. The number of hydrogen-bond acceptors (Lipinski definition) is 5. The van der Waals surface area contributed by atoms with Crippen molar-refractivity contribution in [1.82, 2.24) is 15.6 Å². The first-order valence-electron chi connectivity index (χ1n) is 5.79. The summed E-state index contributed by atoms with van der Waals surface area (Å²) in [4.78, 5) is 16.6. The fourth-order valence-corrected chi connectivity index (χ4v) is 2.69. The fraction of sp³-hybridized carbons (Fsp3) is 0.333. The van der Waals surface area contributed by atoms with Crippen molar-refractivity contribution in [3.63, 3.8) is 0 Å². The molecular weight excluding hydrogens is 248 g/mol. The maximum absolute atomic E-state index is 12.0. The molecule has 0 aliphatic rings. The van der Waals surface area contributed by atoms with Gasteiger partial charge in [0.05, 0.1) is 10.4 Å². The van der Waals surface area contributed by atoms with E-state index in [4.69, 9.17) is 5.73 Å². The molecule has 5 nitrogen and oxygen atoms in total. The van der Waals surface area contributed by atoms with E-state index >= 15 is 0 Å². The van der Waals surface area contributed by atoms with Crippen LogP contribution in [0.1, 0.15) is 16.1 Å². The minimum absolute atomic E-state index is 0.107. The van der Waals surface area contributed by atoms with Gasteiger partial charge in [-0.1, -0.05) is 0 Å². The summed E-state index contributed by atoms with van der Waals surface area (Å²) in [6.07, 6.45) is 4.31. The van der Waals surface area contributed by atoms with Gasteiger partial charge in [-0.3, -0.25) is 9.78 Å². The summed E-state index contributed by atoms with van der Waals surface area (Å²) < 4.78 is 0.940. The number of nitrogen functional groups attached to an aromatic ring is 1. The highest BCUT2D eigenvalue weighted by atomic mass is 32.1. The first-order valence-corrected chi connectivity index (χ1v) is 6.60. The van der Waals surface area contributed by atoms with Crippen LogP contribution in [0.5, 0.6) is 0 Å². The number of nitrogens with one attached hydrogen (secondary N) is 2. The molecule has 0 spiro atoms. The van der Waals surface area contributed by atoms with Crippen molar-refractivity contribution < 1.29 is 4.79 Å². The molecule has 1 amide bonds. The molecule has 0 radical (unpaired) electrons. The lowest BCUT2D eigenvalue weighted by atomic mass is 10.2. The molecule has 0 unspecified atom stereocenters. The lowest BCUT2D eigenvalue weighted by Gasteiger charge is -2.03. The molecule has 0 bridgehead atoms. The maximum Gasteiger partial charge on any atom is 0.263 e. The second-order valence-electron chi connectivity index (χ2n) is 3.93. The van der Waals surface area contributed by atoms with Crippen molar-refractivity contribution in [2.45, 2.75) is 6.42 Å². The molecule has 0 saturated heterocycles. The van der Waals surface area contributed by atoms with Gasteiger partial charge in [-0.2, -0.15) is 0 Å². The van der Waals surface area contributed by atoms with E-state index < -0.39 is 0 Å². The number of rotatable bonds is 5. The Morgan fingerprint density at radius 2 is 2.33 bits per heavy atom. The molecule has 2 aromatic rings. The second-order valence-corrected chi connectivity index (χ2v) is 4.98. The van der Waals surface area contributed by atoms with Crippen LogP contribution in [0, 0.1) is 0 Å². The van der Waals surface area contributed by atoms with Crippen molar-refractivity contribution in [1.29, 1.82) is 0 Å². The third kappa shape index (κ3) is 2.60. The zero-order chi connectivity index (χ0) is 13.0. The monoisotopic (exact) mass is 264 g/mol. The molecule has 2 aromatic heterocycles. The van der Waals surface area contributed by atoms with Crippen molar-refractivity contribution >= 4 is 33.0 Å². The Morgan fingerprint density at radius 3 is 3.06 bits per heavy atom. The molecule has 96 valence electrons. The van der Waals surface area contributed by atoms with E-state index in [1.54, 1.807) is 12.4 Å². The van der Waals surface area contributed by atoms with Crippen LogP contribution in [0.2, 0.25) is 0 Å². The predicted molar refractivity (Wildman–Crippen MR) is 74.9 cm³/mol. The van der Waals surface area contributed by atoms with Gasteiger partial charge in [0.25, 0.3) is 5.91 Å². The van der Waals surface area contributed by atoms with Gasteiger partial charge in [-0.05, 0) is 26.1 Å². The average Bonchev–Trinajstić information content (AvgIpc) is 2.73. The molecular formula is C12H16N4OS. The highest BCUT2D eigenvalue weighted by molar-refractivity contribution is 7.21. The molecule has 4 N–H and O–H groups in total. The maximum atomic E-state index is 12.0. The standard InChI is InChI=1S/C12H16N4OS/c1-14-4-2-5-16-12(17)11-10(13)8-3-6-15-7-9(8)18-11/h3,6-7,14H,2,4-5,13H2,1H3,(H,16,17). The van der Waals surface area contributed by atoms with Gasteiger partial charge in [0.2, 0.25) is 0 Å². The number of nitrogens with zero attached hydrogens (tertiary/aromatic N) is 1. The largest absolute Gasteiger partial charge is 0.397 e. The van der Waals surface area contributed by atoms with Crippen molar-refractivity contribution in [2.75, 3.05) is 25.9 Å². The highest BCUT2D eigenvalue weighted by Gasteiger charge is 2.15. The second kappa shape index (κ2) is 5.79. The first kappa shape index (κ1) is 12.8. The third-order valence-electron chi connectivity index (χ3n) is 2.63. The minimum atomic E-state index is -0.107. The third-order valence-corrected chi connectivity index (χ3v) is 3.78. The molecule has 0 aliphatic heterocycles. The van der Waals surface area contributed by atoms with Crippen LogP contribution in [0.3, 0.4) is 0 Å². The van der Waals surface area contributed by atoms with E-state index in [9.17, 15) is 4.79 Å². The van der Waals surface area contributed by atoms with Gasteiger partial charge >= 0.3 is 0 Å². The van der Waals surface area contributed by atoms with E-state index in [0.29, 0.717) is 17.1 Å². The average molecular weight is 264 g/mol. The number of thiophene rings is 1. The number of anilines is 1. The fourth-order valence-electron chi connectivity index (χ4n) is 1.69. The van der Waals surface area contributed by atoms with Crippen LogP contribution in [0.25, 0.3) is 10.1 Å². The lowest BCUT2D eigenvalue weighted by molar-refractivity contribution is 0.0958. The molecule has 0 atom stereocenters. The van der Waals surface area contributed by atoms with Crippen LogP contribution >= 0.6 is 11.3 Å². The van der Waals surface area contributed by atoms with Crippen LogP contribution in [0.15, 0.2) is 18.5 Å². The normalized spacial score (nSPS) is 10.7. The molecule has 6 heteroatoms. The van der Waals surface area contributed by atoms with Gasteiger partial charge in [0.1, 0.15) is 4.88 Å². The van der Waals surface area contributed by atoms with Crippen LogP contribution in [-0.4, -0.2) is 31.0 Å². The Kier molecular flexibility index (Phi) is 4.11. The number of hydrogen-bond donors (Lipinski definition) is 3. The van der Waals surface area contributed by atoms with E-state index in [1.807, 2.05) is 13.1 Å². The number of amides is 1. The summed E-state index contributed by atoms with van der Waals surface area (Å²) in [6, 6.07) is 1.83. The van der Waals surface area contributed by atoms with Gasteiger partial charge in [0.15, 0.2) is 0 Å². The summed E-state index contributed by atoms with van der Waals surface area (Å²) in [5.41, 5.74) is 6.52. The predicted octanol–water partition coefficient (Wildman–Crippen LogP) is 1.22. The quantitative estimate of drug-likeness (QED) is 0.709. The summed E-state index contributed by atoms with van der Waals surface area (Å²) in [5, 5.41) is 6.80. The number of carbonyl (C=O) groups is 1. The first-order chi connectivity index (χ1) is 8.74. The number of pyridine rings is 1. The van der Waals surface area contributed by atoms with Crippen LogP contribution in [-0.2, 0) is 0 Å². The zero-order valence-electron chi connectivity index (χ0n) is 10.2. The van der Waals surface area contributed by atoms with Gasteiger partial charge in [-0.25, -0.2) is 0 Å². The number of fused-ring (bicyclic) bond motifs is 1. The van der Waals surface area contributed by atoms with E-state index in [1.165, 1.54) is 11.3 Å². The van der Waals surface area contributed by atoms with Gasteiger partial charge in [-0.15, -0.1) is 11.3 Å². The Hall–Kier alpha value is -1.66. The Bertz CT molecular complexity index is 552. The van der Waals surface area contributed by atoms with E-state index in [0.717, 1.165) is 23.1 Å². The summed E-state index contributed by atoms with van der Waals surface area (Å²) in [6.45, 7) is 1.53. The summed E-state index contributed by atoms with van der Waals surface area (Å²) in [5.74, 6) is -0.107. The Labute approximate surface area is 109 Å². The number of carbonyl (C=O) groups excluding carboxylic acids is 1. The molecule has 0 aromatic carbocycles. The number of nitrogens with two attached hydrogens (primary N) is 1. The highest BCUT2D eigenvalue weighted by Crippen LogP contribution is 2.32. The molecule has 0 fully saturated rings. The van der Waals surface area contributed by atoms with Gasteiger partial charge < -0.3 is 16.4 Å². The van der Waals surface area contributed by atoms with Gasteiger partial charge in [0, 0.05) is 24.3 Å². The van der Waals surface area contributed by atoms with E-state index in [2.05, 4.69) is 15.6 Å². The van der Waals surface area contributed by atoms with Crippen molar-refractivity contribution in [2.24, 2.45) is 0 Å². The minimum Gasteiger partial charge on any atom is -0.397 e. The summed E-state index contributed by atoms with van der Waals surface area (Å²) in [7, 11) is 1.89. The van der Waals surface area contributed by atoms with Crippen LogP contribution < -0.4 is 16.4 Å². The topological polar surface area (TPSA) is 80.0 Å². The smallest absolute Gasteiger partial charge is 0.263 e. The van der Waals surface area contributed by atoms with Crippen molar-refractivity contribution in [3.8, 4) is 0 Å². The molecule has 2 rings (SSSR count). The molecule has 18 heavy (non-hydrogen) atoms. The van der Waals surface area contributed by atoms with Crippen LogP contribution in [0.4, 0.5) is 5.69 Å². The summed E-state index contributed by atoms with van der Waals surface area (Å²) >= 11 is 1.38. The van der Waals surface area contributed by atoms with Crippen molar-refractivity contribution in [3.05, 3.63) is 23.3 Å². The SMILES string of the molecule is CNCCCNC(=O)c1sc2cnccc2c1N. The lowest BCUT2D eigenvalue weighted by Crippen LogP contribution is -2.26. The molecule has 2 heterocycles. The Balaban J connectivity index is 2.10. The number of aromatic nitrogens is 1. The zero-order valence-corrected chi connectivity index (χ0v) is 11.0. The molecule has 0 aliphatic carbocycles.